The van der Waals surface area contributed by atoms with E-state index in [9.17, 15) is 14.4 Å². The van der Waals surface area contributed by atoms with Gasteiger partial charge in [-0.2, -0.15) is 0 Å². The predicted molar refractivity (Wildman–Crippen MR) is 128 cm³/mol. The zero-order valence-electron chi connectivity index (χ0n) is 19.0. The summed E-state index contributed by atoms with van der Waals surface area (Å²) < 4.78 is 0. The van der Waals surface area contributed by atoms with Gasteiger partial charge in [-0.05, 0) is 36.3 Å². The van der Waals surface area contributed by atoms with Gasteiger partial charge in [-0.3, -0.25) is 14.4 Å². The highest BCUT2D eigenvalue weighted by Gasteiger charge is 2.32. The quantitative estimate of drug-likeness (QED) is 0.628. The van der Waals surface area contributed by atoms with E-state index in [0.29, 0.717) is 37.2 Å². The largest absolute Gasteiger partial charge is 0.346 e. The Labute approximate surface area is 194 Å². The summed E-state index contributed by atoms with van der Waals surface area (Å²) in [5.74, 6) is -0.160. The van der Waals surface area contributed by atoms with E-state index in [1.54, 1.807) is 11.0 Å². The van der Waals surface area contributed by atoms with Crippen LogP contribution in [-0.2, 0) is 16.0 Å². The maximum absolute atomic E-state index is 13.4. The molecule has 0 saturated carbocycles. The summed E-state index contributed by atoms with van der Waals surface area (Å²) in [6.45, 7) is 3.97. The lowest BCUT2D eigenvalue weighted by Gasteiger charge is -2.35. The molecule has 1 aromatic heterocycles. The molecular weight excluding hydrogens is 422 g/mol. The van der Waals surface area contributed by atoms with Gasteiger partial charge in [0, 0.05) is 39.0 Å². The minimum Gasteiger partial charge on any atom is -0.346 e. The van der Waals surface area contributed by atoms with E-state index in [1.807, 2.05) is 53.7 Å². The van der Waals surface area contributed by atoms with Crippen LogP contribution >= 0.6 is 11.3 Å². The Morgan fingerprint density at radius 2 is 1.84 bits per heavy atom. The third kappa shape index (κ3) is 6.42. The van der Waals surface area contributed by atoms with Crippen LogP contribution in [0, 0.1) is 5.92 Å². The molecule has 1 fully saturated rings. The van der Waals surface area contributed by atoms with Crippen LogP contribution in [0.1, 0.15) is 47.8 Å². The number of unbranched alkanes of at least 4 members (excludes halogenated alkanes) is 1. The van der Waals surface area contributed by atoms with E-state index < -0.39 is 6.04 Å². The van der Waals surface area contributed by atoms with Gasteiger partial charge >= 0.3 is 0 Å². The molecule has 3 rings (SSSR count). The predicted octanol–water partition coefficient (Wildman–Crippen LogP) is 3.59. The molecule has 0 aliphatic carbocycles. The number of carbonyl (C=O) groups excluding carboxylic acids is 3. The molecule has 1 N–H and O–H groups in total. The Bertz CT molecular complexity index is 877. The van der Waals surface area contributed by atoms with Crippen LogP contribution in [0.4, 0.5) is 0 Å². The van der Waals surface area contributed by atoms with Crippen molar-refractivity contribution in [2.75, 3.05) is 26.7 Å². The molecule has 0 spiro atoms. The van der Waals surface area contributed by atoms with Crippen LogP contribution in [-0.4, -0.2) is 60.2 Å². The van der Waals surface area contributed by atoms with Gasteiger partial charge in [0.1, 0.15) is 6.04 Å². The van der Waals surface area contributed by atoms with Crippen LogP contribution in [0.3, 0.4) is 0 Å². The van der Waals surface area contributed by atoms with E-state index in [0.717, 1.165) is 24.9 Å². The number of likely N-dealkylation sites (tertiary alicyclic amines) is 1. The molecular formula is C25H33N3O3S. The summed E-state index contributed by atoms with van der Waals surface area (Å²) in [5, 5.41) is 4.79. The number of thiophene rings is 1. The molecule has 32 heavy (non-hydrogen) atoms. The molecule has 1 atom stereocenters. The molecule has 7 heteroatoms. The first-order chi connectivity index (χ1) is 15.5. The normalized spacial score (nSPS) is 15.2. The fraction of sp³-hybridized carbons (Fsp3) is 0.480. The summed E-state index contributed by atoms with van der Waals surface area (Å²) in [7, 11) is 1.87. The molecule has 1 aromatic carbocycles. The van der Waals surface area contributed by atoms with Crippen molar-refractivity contribution in [2.45, 2.75) is 45.1 Å². The van der Waals surface area contributed by atoms with Gasteiger partial charge in [0.25, 0.3) is 5.91 Å². The lowest BCUT2D eigenvalue weighted by Crippen LogP contribution is -2.52. The molecule has 1 aliphatic heterocycles. The van der Waals surface area contributed by atoms with Gasteiger partial charge in [-0.15, -0.1) is 11.3 Å². The first-order valence-electron chi connectivity index (χ1n) is 11.4. The minimum atomic E-state index is -0.633. The third-order valence-corrected chi connectivity index (χ3v) is 6.88. The van der Waals surface area contributed by atoms with Crippen LogP contribution < -0.4 is 5.32 Å². The lowest BCUT2D eigenvalue weighted by atomic mass is 9.94. The summed E-state index contributed by atoms with van der Waals surface area (Å²) in [6.07, 6.45) is 3.83. The second-order valence-corrected chi connectivity index (χ2v) is 9.35. The van der Waals surface area contributed by atoms with Crippen molar-refractivity contribution >= 4 is 29.1 Å². The van der Waals surface area contributed by atoms with E-state index in [-0.39, 0.29) is 23.6 Å². The molecule has 2 heterocycles. The summed E-state index contributed by atoms with van der Waals surface area (Å²) in [6, 6.07) is 12.7. The van der Waals surface area contributed by atoms with Gasteiger partial charge in [-0.25, -0.2) is 0 Å². The van der Waals surface area contributed by atoms with E-state index in [2.05, 4.69) is 12.2 Å². The van der Waals surface area contributed by atoms with Gasteiger partial charge in [0.15, 0.2) is 0 Å². The molecule has 172 valence electrons. The number of benzene rings is 1. The van der Waals surface area contributed by atoms with Gasteiger partial charge in [0.2, 0.25) is 11.8 Å². The summed E-state index contributed by atoms with van der Waals surface area (Å²) in [4.78, 5) is 43.0. The number of nitrogens with zero attached hydrogens (tertiary/aromatic N) is 2. The summed E-state index contributed by atoms with van der Waals surface area (Å²) >= 11 is 1.36. The average molecular weight is 456 g/mol. The number of hydrogen-bond donors (Lipinski definition) is 1. The molecule has 0 bridgehead atoms. The lowest BCUT2D eigenvalue weighted by molar-refractivity contribution is -0.140. The van der Waals surface area contributed by atoms with Crippen LogP contribution in [0.5, 0.6) is 0 Å². The first kappa shape index (κ1) is 24.0. The maximum Gasteiger partial charge on any atom is 0.262 e. The third-order valence-electron chi connectivity index (χ3n) is 6.01. The highest BCUT2D eigenvalue weighted by Crippen LogP contribution is 2.21. The van der Waals surface area contributed by atoms with Crippen molar-refractivity contribution in [3.05, 3.63) is 58.3 Å². The minimum absolute atomic E-state index is 0.0332. The number of nitrogens with one attached hydrogen (secondary N) is 1. The van der Waals surface area contributed by atoms with Crippen molar-refractivity contribution in [1.82, 2.24) is 15.1 Å². The molecule has 6 nitrogen and oxygen atoms in total. The summed E-state index contributed by atoms with van der Waals surface area (Å²) in [5.41, 5.74) is 1.000. The van der Waals surface area contributed by atoms with E-state index >= 15 is 0 Å². The smallest absolute Gasteiger partial charge is 0.262 e. The van der Waals surface area contributed by atoms with Gasteiger partial charge < -0.3 is 15.1 Å². The molecule has 0 radical (unpaired) electrons. The van der Waals surface area contributed by atoms with Crippen LogP contribution in [0.2, 0.25) is 0 Å². The number of amides is 3. The van der Waals surface area contributed by atoms with Crippen molar-refractivity contribution < 1.29 is 14.4 Å². The topological polar surface area (TPSA) is 69.7 Å². The average Bonchev–Trinajstić information content (AvgIpc) is 3.37. The first-order valence-corrected chi connectivity index (χ1v) is 12.3. The molecule has 0 unspecified atom stereocenters. The van der Waals surface area contributed by atoms with Crippen molar-refractivity contribution in [3.8, 4) is 0 Å². The van der Waals surface area contributed by atoms with Gasteiger partial charge in [-0.1, -0.05) is 49.7 Å². The number of carbonyl (C=O) groups is 3. The number of rotatable bonds is 9. The zero-order valence-corrected chi connectivity index (χ0v) is 19.8. The molecule has 2 aromatic rings. The molecule has 3 amide bonds. The van der Waals surface area contributed by atoms with Crippen molar-refractivity contribution in [3.63, 3.8) is 0 Å². The Morgan fingerprint density at radius 1 is 1.12 bits per heavy atom. The van der Waals surface area contributed by atoms with Crippen molar-refractivity contribution in [2.24, 2.45) is 5.92 Å². The molecule has 1 aliphatic rings. The van der Waals surface area contributed by atoms with Crippen LogP contribution in [0.25, 0.3) is 0 Å². The van der Waals surface area contributed by atoms with E-state index in [4.69, 9.17) is 0 Å². The maximum atomic E-state index is 13.4. The highest BCUT2D eigenvalue weighted by molar-refractivity contribution is 7.12. The Kier molecular flexibility index (Phi) is 8.85. The number of hydrogen-bond acceptors (Lipinski definition) is 4. The standard InChI is InChI=1S/C25H33N3O3S/c1-3-4-14-27(2)24(30)20-12-15-28(16-13-20)25(31)21(18-19-9-6-5-7-10-19)26-23(29)22-11-8-17-32-22/h5-11,17,20-21H,3-4,12-16,18H2,1-2H3,(H,26,29)/t21-/m1/s1. The fourth-order valence-corrected chi connectivity index (χ4v) is 4.70. The van der Waals surface area contributed by atoms with Crippen molar-refractivity contribution in [1.29, 1.82) is 0 Å². The zero-order chi connectivity index (χ0) is 22.9. The van der Waals surface area contributed by atoms with Crippen LogP contribution in [0.15, 0.2) is 47.8 Å². The fourth-order valence-electron chi connectivity index (χ4n) is 4.07. The van der Waals surface area contributed by atoms with E-state index in [1.165, 1.54) is 11.3 Å². The monoisotopic (exact) mass is 455 g/mol. The molecule has 1 saturated heterocycles. The number of piperidine rings is 1. The van der Waals surface area contributed by atoms with Gasteiger partial charge in [0.05, 0.1) is 4.88 Å². The second kappa shape index (κ2) is 11.8. The Balaban J connectivity index is 1.63. The second-order valence-electron chi connectivity index (χ2n) is 8.41. The Morgan fingerprint density at radius 3 is 2.47 bits per heavy atom. The highest BCUT2D eigenvalue weighted by atomic mass is 32.1. The Hall–Kier alpha value is -2.67. The SMILES string of the molecule is CCCCN(C)C(=O)C1CCN(C(=O)[C@@H](Cc2ccccc2)NC(=O)c2cccs2)CC1.